The Morgan fingerprint density at radius 2 is 2.09 bits per heavy atom. The van der Waals surface area contributed by atoms with Gasteiger partial charge in [0.15, 0.2) is 0 Å². The first-order valence-corrected chi connectivity index (χ1v) is 7.48. The van der Waals surface area contributed by atoms with Crippen LogP contribution in [-0.4, -0.2) is 29.8 Å². The Morgan fingerprint density at radius 3 is 2.68 bits per heavy atom. The largest absolute Gasteiger partial charge is 0.377 e. The van der Waals surface area contributed by atoms with Crippen LogP contribution < -0.4 is 10.2 Å². The highest BCUT2D eigenvalue weighted by Crippen LogP contribution is 2.18. The predicted octanol–water partition coefficient (Wildman–Crippen LogP) is 2.27. The van der Waals surface area contributed by atoms with Gasteiger partial charge in [-0.1, -0.05) is 12.1 Å². The van der Waals surface area contributed by atoms with Gasteiger partial charge >= 0.3 is 0 Å². The number of hydrogen-bond donors (Lipinski definition) is 1. The molecule has 1 aromatic carbocycles. The Balaban J connectivity index is 1.82. The van der Waals surface area contributed by atoms with Crippen molar-refractivity contribution in [1.82, 2.24) is 15.1 Å². The van der Waals surface area contributed by atoms with Crippen LogP contribution in [-0.2, 0) is 17.9 Å². The molecular formula is C17H24N4O. The van der Waals surface area contributed by atoms with Crippen LogP contribution in [0.25, 0.3) is 0 Å². The van der Waals surface area contributed by atoms with E-state index in [1.807, 2.05) is 27.2 Å². The lowest BCUT2D eigenvalue weighted by Gasteiger charge is -2.16. The third-order valence-corrected chi connectivity index (χ3v) is 3.56. The van der Waals surface area contributed by atoms with E-state index in [0.29, 0.717) is 19.5 Å². The van der Waals surface area contributed by atoms with Crippen molar-refractivity contribution in [1.29, 1.82) is 0 Å². The fourth-order valence-corrected chi connectivity index (χ4v) is 2.42. The van der Waals surface area contributed by atoms with Crippen LogP contribution in [0.4, 0.5) is 5.69 Å². The molecule has 5 nitrogen and oxygen atoms in total. The van der Waals surface area contributed by atoms with Crippen LogP contribution in [0, 0.1) is 13.8 Å². The Bertz CT molecular complexity index is 646. The molecule has 0 aliphatic rings. The lowest BCUT2D eigenvalue weighted by Crippen LogP contribution is -2.24. The molecule has 0 aliphatic carbocycles. The zero-order valence-corrected chi connectivity index (χ0v) is 13.8. The summed E-state index contributed by atoms with van der Waals surface area (Å²) >= 11 is 0. The summed E-state index contributed by atoms with van der Waals surface area (Å²) < 4.78 is 1.80. The van der Waals surface area contributed by atoms with Crippen molar-refractivity contribution < 1.29 is 4.79 Å². The van der Waals surface area contributed by atoms with Gasteiger partial charge in [0.1, 0.15) is 0 Å². The summed E-state index contributed by atoms with van der Waals surface area (Å²) in [5, 5.41) is 7.13. The molecule has 118 valence electrons. The first-order valence-electron chi connectivity index (χ1n) is 7.48. The van der Waals surface area contributed by atoms with Crippen LogP contribution in [0.5, 0.6) is 0 Å². The summed E-state index contributed by atoms with van der Waals surface area (Å²) in [4.78, 5) is 14.0. The van der Waals surface area contributed by atoms with Gasteiger partial charge < -0.3 is 10.2 Å². The highest BCUT2D eigenvalue weighted by Gasteiger charge is 2.05. The van der Waals surface area contributed by atoms with Crippen LogP contribution in [0.1, 0.15) is 23.1 Å². The number of nitrogens with zero attached hydrogens (tertiary/aromatic N) is 3. The maximum atomic E-state index is 11.9. The van der Waals surface area contributed by atoms with Crippen molar-refractivity contribution in [3.8, 4) is 0 Å². The molecule has 22 heavy (non-hydrogen) atoms. The quantitative estimate of drug-likeness (QED) is 0.890. The monoisotopic (exact) mass is 300 g/mol. The second kappa shape index (κ2) is 7.11. The highest BCUT2D eigenvalue weighted by molar-refractivity contribution is 5.75. The van der Waals surface area contributed by atoms with Crippen molar-refractivity contribution in [2.24, 2.45) is 0 Å². The van der Waals surface area contributed by atoms with E-state index in [0.717, 1.165) is 11.1 Å². The van der Waals surface area contributed by atoms with Crippen LogP contribution in [0.15, 0.2) is 30.6 Å². The van der Waals surface area contributed by atoms with E-state index in [9.17, 15) is 4.79 Å². The molecule has 1 heterocycles. The van der Waals surface area contributed by atoms with Crippen molar-refractivity contribution in [2.75, 3.05) is 19.0 Å². The van der Waals surface area contributed by atoms with Gasteiger partial charge in [-0.05, 0) is 36.6 Å². The number of anilines is 1. The number of carbonyl (C=O) groups is 1. The molecule has 1 N–H and O–H groups in total. The zero-order chi connectivity index (χ0) is 16.1. The van der Waals surface area contributed by atoms with E-state index in [-0.39, 0.29) is 5.91 Å². The van der Waals surface area contributed by atoms with E-state index in [1.54, 1.807) is 10.9 Å². The van der Waals surface area contributed by atoms with Gasteiger partial charge in [-0.15, -0.1) is 0 Å². The minimum Gasteiger partial charge on any atom is -0.377 e. The smallest absolute Gasteiger partial charge is 0.222 e. The molecule has 0 fully saturated rings. The molecule has 5 heteroatoms. The number of carbonyl (C=O) groups excluding carboxylic acids is 1. The SMILES string of the molecule is Cc1cnn(CCC(=O)NCc2ccc(N(C)C)c(C)c2)c1. The second-order valence-corrected chi connectivity index (χ2v) is 5.82. The average Bonchev–Trinajstić information content (AvgIpc) is 2.88. The molecule has 1 amide bonds. The molecule has 0 saturated heterocycles. The topological polar surface area (TPSA) is 50.2 Å². The van der Waals surface area contributed by atoms with Crippen molar-refractivity contribution >= 4 is 11.6 Å². The van der Waals surface area contributed by atoms with Crippen molar-refractivity contribution in [3.63, 3.8) is 0 Å². The van der Waals surface area contributed by atoms with Gasteiger partial charge in [0.25, 0.3) is 0 Å². The van der Waals surface area contributed by atoms with Gasteiger partial charge in [0.2, 0.25) is 5.91 Å². The first kappa shape index (κ1) is 16.1. The molecule has 0 aliphatic heterocycles. The molecule has 0 bridgehead atoms. The molecule has 0 saturated carbocycles. The van der Waals surface area contributed by atoms with Crippen molar-refractivity contribution in [2.45, 2.75) is 33.4 Å². The van der Waals surface area contributed by atoms with E-state index in [1.165, 1.54) is 11.3 Å². The Labute approximate surface area is 131 Å². The molecular weight excluding hydrogens is 276 g/mol. The van der Waals surface area contributed by atoms with E-state index in [4.69, 9.17) is 0 Å². The fraction of sp³-hybridized carbons (Fsp3) is 0.412. The maximum absolute atomic E-state index is 11.9. The molecule has 0 radical (unpaired) electrons. The number of aromatic nitrogens is 2. The first-order chi connectivity index (χ1) is 10.5. The molecule has 0 spiro atoms. The van der Waals surface area contributed by atoms with Gasteiger partial charge in [-0.2, -0.15) is 5.10 Å². The average molecular weight is 300 g/mol. The van der Waals surface area contributed by atoms with Gasteiger partial charge in [0, 0.05) is 45.5 Å². The Hall–Kier alpha value is -2.30. The van der Waals surface area contributed by atoms with E-state index in [2.05, 4.69) is 40.4 Å². The summed E-state index contributed by atoms with van der Waals surface area (Å²) in [6, 6.07) is 6.26. The molecule has 1 aromatic heterocycles. The lowest BCUT2D eigenvalue weighted by molar-refractivity contribution is -0.121. The summed E-state index contributed by atoms with van der Waals surface area (Å²) in [5.41, 5.74) is 4.64. The fourth-order valence-electron chi connectivity index (χ4n) is 2.42. The molecule has 2 aromatic rings. The number of aryl methyl sites for hydroxylation is 3. The Morgan fingerprint density at radius 1 is 1.32 bits per heavy atom. The van der Waals surface area contributed by atoms with E-state index < -0.39 is 0 Å². The third-order valence-electron chi connectivity index (χ3n) is 3.56. The lowest BCUT2D eigenvalue weighted by atomic mass is 10.1. The predicted molar refractivity (Wildman–Crippen MR) is 88.9 cm³/mol. The number of nitrogens with one attached hydrogen (secondary N) is 1. The normalized spacial score (nSPS) is 10.5. The third kappa shape index (κ3) is 4.35. The van der Waals surface area contributed by atoms with Crippen molar-refractivity contribution in [3.05, 3.63) is 47.3 Å². The minimum atomic E-state index is 0.0440. The second-order valence-electron chi connectivity index (χ2n) is 5.82. The zero-order valence-electron chi connectivity index (χ0n) is 13.8. The van der Waals surface area contributed by atoms with Gasteiger partial charge in [-0.3, -0.25) is 9.48 Å². The number of rotatable bonds is 6. The summed E-state index contributed by atoms with van der Waals surface area (Å²) in [6.07, 6.45) is 4.18. The highest BCUT2D eigenvalue weighted by atomic mass is 16.1. The van der Waals surface area contributed by atoms with Crippen LogP contribution in [0.2, 0.25) is 0 Å². The van der Waals surface area contributed by atoms with Crippen LogP contribution >= 0.6 is 0 Å². The molecule has 0 atom stereocenters. The van der Waals surface area contributed by atoms with Crippen LogP contribution in [0.3, 0.4) is 0 Å². The number of amides is 1. The Kier molecular flexibility index (Phi) is 5.20. The summed E-state index contributed by atoms with van der Waals surface area (Å²) in [7, 11) is 4.06. The molecule has 0 unspecified atom stereocenters. The number of benzene rings is 1. The standard InChI is InChI=1S/C17H24N4O/c1-13-10-19-21(12-13)8-7-17(22)18-11-15-5-6-16(20(3)4)14(2)9-15/h5-6,9-10,12H,7-8,11H2,1-4H3,(H,18,22). The van der Waals surface area contributed by atoms with E-state index >= 15 is 0 Å². The van der Waals surface area contributed by atoms with Gasteiger partial charge in [-0.25, -0.2) is 0 Å². The molecule has 2 rings (SSSR count). The summed E-state index contributed by atoms with van der Waals surface area (Å²) in [6.45, 7) is 5.24. The summed E-state index contributed by atoms with van der Waals surface area (Å²) in [5.74, 6) is 0.0440. The van der Waals surface area contributed by atoms with Gasteiger partial charge in [0.05, 0.1) is 6.20 Å². The number of hydrogen-bond acceptors (Lipinski definition) is 3. The maximum Gasteiger partial charge on any atom is 0.222 e. The minimum absolute atomic E-state index is 0.0440.